The van der Waals surface area contributed by atoms with Crippen molar-refractivity contribution in [1.82, 2.24) is 4.90 Å². The van der Waals surface area contributed by atoms with E-state index in [9.17, 15) is 4.79 Å². The summed E-state index contributed by atoms with van der Waals surface area (Å²) < 4.78 is 0.778. The molecular weight excluding hydrogens is 326 g/mol. The smallest absolute Gasteiger partial charge is 0.255 e. The van der Waals surface area contributed by atoms with Crippen LogP contribution in [0.3, 0.4) is 0 Å². The maximum atomic E-state index is 12.6. The van der Waals surface area contributed by atoms with E-state index in [1.807, 2.05) is 4.90 Å². The number of hydrogen-bond donors (Lipinski definition) is 0. The largest absolute Gasteiger partial charge is 0.336 e. The number of benzene rings is 1. The van der Waals surface area contributed by atoms with Gasteiger partial charge in [-0.25, -0.2) is 0 Å². The van der Waals surface area contributed by atoms with Crippen LogP contribution in [0.5, 0.6) is 0 Å². The van der Waals surface area contributed by atoms with Gasteiger partial charge >= 0.3 is 0 Å². The fourth-order valence-electron chi connectivity index (χ4n) is 2.05. The third-order valence-corrected chi connectivity index (χ3v) is 4.25. The van der Waals surface area contributed by atoms with Crippen LogP contribution in [0.2, 0.25) is 5.02 Å². The van der Waals surface area contributed by atoms with Crippen LogP contribution in [-0.2, 0) is 0 Å². The Morgan fingerprint density at radius 3 is 2.68 bits per heavy atom. The second-order valence-corrected chi connectivity index (χ2v) is 6.83. The Hall–Kier alpha value is -0.540. The molecular formula is C15H19BrClNO. The van der Waals surface area contributed by atoms with Crippen LogP contribution < -0.4 is 0 Å². The summed E-state index contributed by atoms with van der Waals surface area (Å²) in [5.41, 5.74) is 0.708. The van der Waals surface area contributed by atoms with E-state index in [1.54, 1.807) is 18.2 Å². The van der Waals surface area contributed by atoms with Crippen molar-refractivity contribution in [2.75, 3.05) is 6.54 Å². The molecule has 0 radical (unpaired) electrons. The summed E-state index contributed by atoms with van der Waals surface area (Å²) >= 11 is 9.36. The Morgan fingerprint density at radius 2 is 2.16 bits per heavy atom. The number of halogens is 2. The highest BCUT2D eigenvalue weighted by atomic mass is 79.9. The van der Waals surface area contributed by atoms with Crippen LogP contribution in [0, 0.1) is 5.92 Å². The van der Waals surface area contributed by atoms with Crippen molar-refractivity contribution in [1.29, 1.82) is 0 Å². The molecule has 1 amide bonds. The minimum Gasteiger partial charge on any atom is -0.336 e. The van der Waals surface area contributed by atoms with Gasteiger partial charge in [-0.1, -0.05) is 25.4 Å². The van der Waals surface area contributed by atoms with E-state index in [2.05, 4.69) is 29.8 Å². The monoisotopic (exact) mass is 343 g/mol. The Bertz CT molecular complexity index is 471. The van der Waals surface area contributed by atoms with Gasteiger partial charge in [0, 0.05) is 22.1 Å². The molecule has 1 aliphatic carbocycles. The average molecular weight is 345 g/mol. The molecule has 2 rings (SSSR count). The summed E-state index contributed by atoms with van der Waals surface area (Å²) in [6.07, 6.45) is 3.32. The lowest BCUT2D eigenvalue weighted by molar-refractivity contribution is 0.0734. The fraction of sp³-hybridized carbons (Fsp3) is 0.533. The van der Waals surface area contributed by atoms with Crippen molar-refractivity contribution in [3.8, 4) is 0 Å². The molecule has 0 saturated heterocycles. The average Bonchev–Trinajstić information content (AvgIpc) is 3.13. The molecule has 2 nitrogen and oxygen atoms in total. The van der Waals surface area contributed by atoms with Gasteiger partial charge in [-0.15, -0.1) is 0 Å². The van der Waals surface area contributed by atoms with Crippen LogP contribution >= 0.6 is 27.5 Å². The van der Waals surface area contributed by atoms with Crippen molar-refractivity contribution in [2.45, 2.75) is 39.2 Å². The molecule has 0 unspecified atom stereocenters. The molecule has 1 aromatic carbocycles. The highest BCUT2D eigenvalue weighted by Crippen LogP contribution is 2.31. The van der Waals surface area contributed by atoms with Gasteiger partial charge in [0.1, 0.15) is 0 Å². The molecule has 4 heteroatoms. The summed E-state index contributed by atoms with van der Waals surface area (Å²) in [4.78, 5) is 14.6. The maximum Gasteiger partial charge on any atom is 0.255 e. The number of hydrogen-bond acceptors (Lipinski definition) is 1. The van der Waals surface area contributed by atoms with Crippen molar-refractivity contribution < 1.29 is 4.79 Å². The van der Waals surface area contributed by atoms with Gasteiger partial charge in [0.15, 0.2) is 0 Å². The topological polar surface area (TPSA) is 20.3 Å². The maximum absolute atomic E-state index is 12.6. The van der Waals surface area contributed by atoms with Crippen molar-refractivity contribution >= 4 is 33.4 Å². The highest BCUT2D eigenvalue weighted by Gasteiger charge is 2.33. The molecule has 0 aliphatic heterocycles. The zero-order valence-electron chi connectivity index (χ0n) is 11.3. The predicted molar refractivity (Wildman–Crippen MR) is 82.7 cm³/mol. The highest BCUT2D eigenvalue weighted by molar-refractivity contribution is 9.10. The number of amides is 1. The van der Waals surface area contributed by atoms with Gasteiger partial charge < -0.3 is 4.90 Å². The lowest BCUT2D eigenvalue weighted by atomic mass is 10.1. The summed E-state index contributed by atoms with van der Waals surface area (Å²) in [6.45, 7) is 5.22. The standard InChI is InChI=1S/C15H19BrClNO/c1-10(2)7-8-18(12-4-5-12)15(19)13-6-3-11(17)9-14(13)16/h3,6,9-10,12H,4-5,7-8H2,1-2H3. The number of nitrogens with zero attached hydrogens (tertiary/aromatic N) is 1. The molecule has 0 bridgehead atoms. The summed E-state index contributed by atoms with van der Waals surface area (Å²) in [7, 11) is 0. The number of carbonyl (C=O) groups is 1. The van der Waals surface area contributed by atoms with Crippen LogP contribution in [0.1, 0.15) is 43.5 Å². The molecule has 0 spiro atoms. The van der Waals surface area contributed by atoms with E-state index in [4.69, 9.17) is 11.6 Å². The van der Waals surface area contributed by atoms with Crippen LogP contribution in [0.4, 0.5) is 0 Å². The van der Waals surface area contributed by atoms with E-state index < -0.39 is 0 Å². The zero-order valence-corrected chi connectivity index (χ0v) is 13.7. The number of rotatable bonds is 5. The minimum absolute atomic E-state index is 0.117. The summed E-state index contributed by atoms with van der Waals surface area (Å²) in [6, 6.07) is 5.79. The fourth-order valence-corrected chi connectivity index (χ4v) is 2.90. The van der Waals surface area contributed by atoms with Gasteiger partial charge in [-0.3, -0.25) is 4.79 Å². The molecule has 0 N–H and O–H groups in total. The Labute approximate surface area is 128 Å². The molecule has 104 valence electrons. The molecule has 0 aromatic heterocycles. The van der Waals surface area contributed by atoms with E-state index in [0.29, 0.717) is 22.5 Å². The first-order valence-corrected chi connectivity index (χ1v) is 7.92. The van der Waals surface area contributed by atoms with Crippen molar-refractivity contribution in [3.05, 3.63) is 33.3 Å². The number of carbonyl (C=O) groups excluding carboxylic acids is 1. The molecule has 1 saturated carbocycles. The second-order valence-electron chi connectivity index (χ2n) is 5.54. The van der Waals surface area contributed by atoms with Gasteiger partial charge in [-0.2, -0.15) is 0 Å². The third kappa shape index (κ3) is 3.96. The quantitative estimate of drug-likeness (QED) is 0.754. The van der Waals surface area contributed by atoms with Gasteiger partial charge in [0.2, 0.25) is 0 Å². The van der Waals surface area contributed by atoms with E-state index in [-0.39, 0.29) is 5.91 Å². The van der Waals surface area contributed by atoms with Gasteiger partial charge in [0.05, 0.1) is 5.56 Å². The first kappa shape index (κ1) is 14.9. The van der Waals surface area contributed by atoms with Crippen molar-refractivity contribution in [2.24, 2.45) is 5.92 Å². The van der Waals surface area contributed by atoms with E-state index in [0.717, 1.165) is 30.3 Å². The first-order valence-electron chi connectivity index (χ1n) is 6.75. The van der Waals surface area contributed by atoms with E-state index in [1.165, 1.54) is 0 Å². The molecule has 1 fully saturated rings. The second kappa shape index (κ2) is 6.27. The van der Waals surface area contributed by atoms with Crippen LogP contribution in [-0.4, -0.2) is 23.4 Å². The third-order valence-electron chi connectivity index (χ3n) is 3.36. The summed E-state index contributed by atoms with van der Waals surface area (Å²) in [5, 5.41) is 0.642. The normalized spacial score (nSPS) is 14.8. The Balaban J connectivity index is 2.14. The van der Waals surface area contributed by atoms with Crippen LogP contribution in [0.25, 0.3) is 0 Å². The minimum atomic E-state index is 0.117. The lowest BCUT2D eigenvalue weighted by Crippen LogP contribution is -2.34. The molecule has 0 atom stereocenters. The van der Waals surface area contributed by atoms with Crippen LogP contribution in [0.15, 0.2) is 22.7 Å². The van der Waals surface area contributed by atoms with E-state index >= 15 is 0 Å². The molecule has 1 aliphatic rings. The molecule has 1 aromatic rings. The first-order chi connectivity index (χ1) is 8.99. The SMILES string of the molecule is CC(C)CCN(C(=O)c1ccc(Cl)cc1Br)C1CC1. The molecule has 0 heterocycles. The summed E-state index contributed by atoms with van der Waals surface area (Å²) in [5.74, 6) is 0.731. The predicted octanol–water partition coefficient (Wildman–Crippen LogP) is 4.75. The zero-order chi connectivity index (χ0) is 14.0. The Kier molecular flexibility index (Phi) is 4.91. The Morgan fingerprint density at radius 1 is 1.47 bits per heavy atom. The lowest BCUT2D eigenvalue weighted by Gasteiger charge is -2.24. The van der Waals surface area contributed by atoms with Gasteiger partial charge in [0.25, 0.3) is 5.91 Å². The molecule has 19 heavy (non-hydrogen) atoms. The van der Waals surface area contributed by atoms with Crippen molar-refractivity contribution in [3.63, 3.8) is 0 Å². The van der Waals surface area contributed by atoms with Gasteiger partial charge in [-0.05, 0) is 59.3 Å².